The standard InChI is InChI=1S/C20H29N5O2/c1-13(2)22-20(27)23-18-9-7-6-8-17(18)19(26)21-11-14(3)12-25-16(5)10-15(4)24-25/h6-10,13-14H,11-12H2,1-5H3,(H,21,26)(H2,22,23,27)/t14-/m0/s1. The molecule has 0 saturated heterocycles. The van der Waals surface area contributed by atoms with Gasteiger partial charge in [-0.15, -0.1) is 0 Å². The molecule has 0 aliphatic rings. The maximum atomic E-state index is 12.6. The molecule has 0 unspecified atom stereocenters. The number of hydrogen-bond acceptors (Lipinski definition) is 3. The summed E-state index contributed by atoms with van der Waals surface area (Å²) in [6.07, 6.45) is 0. The quantitative estimate of drug-likeness (QED) is 0.699. The molecule has 7 nitrogen and oxygen atoms in total. The van der Waals surface area contributed by atoms with Gasteiger partial charge in [-0.2, -0.15) is 5.10 Å². The van der Waals surface area contributed by atoms with E-state index in [2.05, 4.69) is 28.0 Å². The molecule has 0 spiro atoms. The van der Waals surface area contributed by atoms with Crippen LogP contribution in [0.5, 0.6) is 0 Å². The third-order valence-electron chi connectivity index (χ3n) is 4.04. The molecule has 1 aromatic carbocycles. The Kier molecular flexibility index (Phi) is 6.98. The molecule has 146 valence electrons. The number of hydrogen-bond donors (Lipinski definition) is 3. The summed E-state index contributed by atoms with van der Waals surface area (Å²) >= 11 is 0. The predicted molar refractivity (Wildman–Crippen MR) is 107 cm³/mol. The Morgan fingerprint density at radius 1 is 1.15 bits per heavy atom. The van der Waals surface area contributed by atoms with Crippen molar-refractivity contribution in [3.8, 4) is 0 Å². The average molecular weight is 371 g/mol. The molecule has 2 rings (SSSR count). The highest BCUT2D eigenvalue weighted by atomic mass is 16.2. The monoisotopic (exact) mass is 371 g/mol. The van der Waals surface area contributed by atoms with E-state index >= 15 is 0 Å². The smallest absolute Gasteiger partial charge is 0.319 e. The number of para-hydroxylation sites is 1. The minimum absolute atomic E-state index is 0.0150. The second kappa shape index (κ2) is 9.21. The van der Waals surface area contributed by atoms with Gasteiger partial charge in [0.1, 0.15) is 0 Å². The Labute approximate surface area is 160 Å². The lowest BCUT2D eigenvalue weighted by Crippen LogP contribution is -2.35. The number of aryl methyl sites for hydroxylation is 2. The third-order valence-corrected chi connectivity index (χ3v) is 4.04. The molecule has 2 aromatic rings. The lowest BCUT2D eigenvalue weighted by Gasteiger charge is -2.16. The Bertz CT molecular complexity index is 797. The van der Waals surface area contributed by atoms with Gasteiger partial charge >= 0.3 is 6.03 Å². The van der Waals surface area contributed by atoms with Crippen LogP contribution in [-0.4, -0.2) is 34.3 Å². The fourth-order valence-corrected chi connectivity index (χ4v) is 2.79. The number of nitrogens with one attached hydrogen (secondary N) is 3. The van der Waals surface area contributed by atoms with E-state index in [9.17, 15) is 9.59 Å². The van der Waals surface area contributed by atoms with Crippen LogP contribution in [-0.2, 0) is 6.54 Å². The number of urea groups is 1. The number of carbonyl (C=O) groups is 2. The normalized spacial score (nSPS) is 11.9. The van der Waals surface area contributed by atoms with Gasteiger partial charge < -0.3 is 16.0 Å². The fraction of sp³-hybridized carbons (Fsp3) is 0.450. The first-order valence-corrected chi connectivity index (χ1v) is 9.22. The summed E-state index contributed by atoms with van der Waals surface area (Å²) in [6.45, 7) is 11.1. The van der Waals surface area contributed by atoms with E-state index in [0.29, 0.717) is 17.8 Å². The Morgan fingerprint density at radius 3 is 2.48 bits per heavy atom. The van der Waals surface area contributed by atoms with E-state index in [1.54, 1.807) is 24.3 Å². The third kappa shape index (κ3) is 6.13. The summed E-state index contributed by atoms with van der Waals surface area (Å²) in [5, 5.41) is 12.9. The van der Waals surface area contributed by atoms with Crippen LogP contribution in [0.2, 0.25) is 0 Å². The lowest BCUT2D eigenvalue weighted by atomic mass is 10.1. The molecule has 1 heterocycles. The van der Waals surface area contributed by atoms with Crippen molar-refractivity contribution in [1.82, 2.24) is 20.4 Å². The number of carbonyl (C=O) groups excluding carboxylic acids is 2. The topological polar surface area (TPSA) is 88.0 Å². The van der Waals surface area contributed by atoms with Crippen LogP contribution in [0, 0.1) is 19.8 Å². The van der Waals surface area contributed by atoms with E-state index in [0.717, 1.165) is 17.9 Å². The molecule has 1 aromatic heterocycles. The number of anilines is 1. The summed E-state index contributed by atoms with van der Waals surface area (Å²) in [5.41, 5.74) is 3.02. The molecule has 0 aliphatic carbocycles. The van der Waals surface area contributed by atoms with Gasteiger partial charge in [0.15, 0.2) is 0 Å². The number of rotatable bonds is 7. The average Bonchev–Trinajstić information content (AvgIpc) is 2.89. The van der Waals surface area contributed by atoms with Gasteiger partial charge in [0.25, 0.3) is 5.91 Å². The number of amides is 3. The second-order valence-electron chi connectivity index (χ2n) is 7.22. The zero-order valence-electron chi connectivity index (χ0n) is 16.7. The van der Waals surface area contributed by atoms with Crippen LogP contribution in [0.4, 0.5) is 10.5 Å². The predicted octanol–water partition coefficient (Wildman–Crippen LogP) is 3.10. The summed E-state index contributed by atoms with van der Waals surface area (Å²) < 4.78 is 1.96. The van der Waals surface area contributed by atoms with Gasteiger partial charge in [0.2, 0.25) is 0 Å². The molecule has 0 bridgehead atoms. The minimum atomic E-state index is -0.330. The van der Waals surface area contributed by atoms with Crippen LogP contribution in [0.25, 0.3) is 0 Å². The van der Waals surface area contributed by atoms with Gasteiger partial charge in [0, 0.05) is 24.8 Å². The van der Waals surface area contributed by atoms with Gasteiger partial charge in [-0.1, -0.05) is 19.1 Å². The zero-order valence-corrected chi connectivity index (χ0v) is 16.7. The molecule has 3 N–H and O–H groups in total. The van der Waals surface area contributed by atoms with Gasteiger partial charge in [-0.3, -0.25) is 9.48 Å². The second-order valence-corrected chi connectivity index (χ2v) is 7.22. The van der Waals surface area contributed by atoms with E-state index in [1.807, 2.05) is 38.4 Å². The van der Waals surface area contributed by atoms with Crippen molar-refractivity contribution in [2.45, 2.75) is 47.2 Å². The molecule has 0 aliphatic heterocycles. The number of nitrogens with zero attached hydrogens (tertiary/aromatic N) is 2. The van der Waals surface area contributed by atoms with Crippen molar-refractivity contribution in [3.63, 3.8) is 0 Å². The van der Waals surface area contributed by atoms with E-state index < -0.39 is 0 Å². The molecular formula is C20H29N5O2. The van der Waals surface area contributed by atoms with Crippen LogP contribution >= 0.6 is 0 Å². The summed E-state index contributed by atoms with van der Waals surface area (Å²) in [5.74, 6) is 0.00646. The molecule has 27 heavy (non-hydrogen) atoms. The summed E-state index contributed by atoms with van der Waals surface area (Å²) in [7, 11) is 0. The highest BCUT2D eigenvalue weighted by Gasteiger charge is 2.15. The first kappa shape index (κ1) is 20.5. The summed E-state index contributed by atoms with van der Waals surface area (Å²) in [6, 6.07) is 8.70. The van der Waals surface area contributed by atoms with Crippen LogP contribution < -0.4 is 16.0 Å². The summed E-state index contributed by atoms with van der Waals surface area (Å²) in [4.78, 5) is 24.5. The Hall–Kier alpha value is -2.83. The molecule has 0 fully saturated rings. The first-order chi connectivity index (χ1) is 12.8. The highest BCUT2D eigenvalue weighted by Crippen LogP contribution is 2.15. The van der Waals surface area contributed by atoms with Gasteiger partial charge in [0.05, 0.1) is 16.9 Å². The maximum absolute atomic E-state index is 12.6. The van der Waals surface area contributed by atoms with Crippen LogP contribution in [0.1, 0.15) is 42.5 Å². The highest BCUT2D eigenvalue weighted by molar-refractivity contribution is 6.03. The SMILES string of the molecule is Cc1cc(C)n(C[C@@H](C)CNC(=O)c2ccccc2NC(=O)NC(C)C)n1. The molecule has 1 atom stereocenters. The van der Waals surface area contributed by atoms with E-state index in [-0.39, 0.29) is 23.9 Å². The maximum Gasteiger partial charge on any atom is 0.319 e. The van der Waals surface area contributed by atoms with Gasteiger partial charge in [-0.05, 0) is 51.8 Å². The minimum Gasteiger partial charge on any atom is -0.352 e. The van der Waals surface area contributed by atoms with Crippen molar-refractivity contribution in [2.24, 2.45) is 5.92 Å². The zero-order chi connectivity index (χ0) is 20.0. The molecule has 7 heteroatoms. The largest absolute Gasteiger partial charge is 0.352 e. The Balaban J connectivity index is 1.95. The molecule has 3 amide bonds. The molecule has 0 saturated carbocycles. The lowest BCUT2D eigenvalue weighted by molar-refractivity contribution is 0.0947. The Morgan fingerprint density at radius 2 is 1.85 bits per heavy atom. The van der Waals surface area contributed by atoms with Crippen molar-refractivity contribution >= 4 is 17.6 Å². The van der Waals surface area contributed by atoms with Crippen LogP contribution in [0.15, 0.2) is 30.3 Å². The van der Waals surface area contributed by atoms with Crippen molar-refractivity contribution in [3.05, 3.63) is 47.3 Å². The van der Waals surface area contributed by atoms with Gasteiger partial charge in [-0.25, -0.2) is 4.79 Å². The van der Waals surface area contributed by atoms with Crippen LogP contribution in [0.3, 0.4) is 0 Å². The van der Waals surface area contributed by atoms with E-state index in [4.69, 9.17) is 0 Å². The fourth-order valence-electron chi connectivity index (χ4n) is 2.79. The van der Waals surface area contributed by atoms with Crippen molar-refractivity contribution in [2.75, 3.05) is 11.9 Å². The van der Waals surface area contributed by atoms with Crippen molar-refractivity contribution < 1.29 is 9.59 Å². The molecule has 0 radical (unpaired) electrons. The first-order valence-electron chi connectivity index (χ1n) is 9.22. The van der Waals surface area contributed by atoms with Crippen molar-refractivity contribution in [1.29, 1.82) is 0 Å². The van der Waals surface area contributed by atoms with E-state index in [1.165, 1.54) is 0 Å². The number of aromatic nitrogens is 2. The molecular weight excluding hydrogens is 342 g/mol. The number of benzene rings is 1.